The third kappa shape index (κ3) is 27.7. The zero-order valence-electron chi connectivity index (χ0n) is 54.4. The minimum atomic E-state index is -3.45. The first-order chi connectivity index (χ1) is 44.9. The Labute approximate surface area is 555 Å². The lowest BCUT2D eigenvalue weighted by Crippen LogP contribution is -2.64. The molecule has 0 aromatic carbocycles. The topological polar surface area (TPSA) is 530 Å². The lowest BCUT2D eigenvalue weighted by molar-refractivity contribution is -0.272. The number of hydrogen-bond acceptors (Lipinski definition) is 29. The fourth-order valence-corrected chi connectivity index (χ4v) is 11.6. The highest BCUT2D eigenvalue weighted by molar-refractivity contribution is 8.09. The molecule has 3 aliphatic heterocycles. The van der Waals surface area contributed by atoms with E-state index in [9.17, 15) is 89.2 Å². The second-order valence-electron chi connectivity index (χ2n) is 24.2. The molecule has 3 saturated heterocycles. The average Bonchev–Trinajstić information content (AvgIpc) is 0.886. The lowest BCUT2D eigenvalue weighted by atomic mass is 9.86. The minimum absolute atomic E-state index is 0.0267. The van der Waals surface area contributed by atoms with Crippen molar-refractivity contribution in [2.45, 2.75) is 208 Å². The Bertz CT molecular complexity index is 2460. The van der Waals surface area contributed by atoms with E-state index in [0.717, 1.165) is 0 Å². The molecule has 4 aliphatic rings. The number of nitrogens with one attached hydrogen (secondary N) is 8. The first kappa shape index (κ1) is 83.0. The molecular formula is C57H100N8O28PS-. The quantitative estimate of drug-likeness (QED) is 0.0200. The van der Waals surface area contributed by atoms with Crippen molar-refractivity contribution in [1.29, 1.82) is 0 Å². The first-order valence-corrected chi connectivity index (χ1v) is 34.2. The summed E-state index contributed by atoms with van der Waals surface area (Å²) in [6, 6.07) is -6.23. The zero-order chi connectivity index (χ0) is 70.6. The Kier molecular flexibility index (Phi) is 36.6. The first-order valence-electron chi connectivity index (χ1n) is 31.6. The summed E-state index contributed by atoms with van der Waals surface area (Å²) in [7, 11) is 0. The van der Waals surface area contributed by atoms with Crippen LogP contribution in [0, 0.1) is 5.92 Å². The van der Waals surface area contributed by atoms with Crippen molar-refractivity contribution >= 4 is 65.6 Å². The molecule has 548 valence electrons. The Balaban J connectivity index is 1.37. The van der Waals surface area contributed by atoms with Gasteiger partial charge in [0.1, 0.15) is 85.1 Å². The van der Waals surface area contributed by atoms with Crippen LogP contribution in [0.1, 0.15) is 92.9 Å². The van der Waals surface area contributed by atoms with Gasteiger partial charge in [0.15, 0.2) is 18.9 Å². The van der Waals surface area contributed by atoms with Gasteiger partial charge in [0.25, 0.3) is 0 Å². The molecule has 17 N–H and O–H groups in total. The highest BCUT2D eigenvalue weighted by atomic mass is 32.5. The van der Waals surface area contributed by atoms with Crippen LogP contribution in [-0.4, -0.2) is 307 Å². The van der Waals surface area contributed by atoms with Crippen LogP contribution >= 0.6 is 6.49 Å². The Hall–Kier alpha value is -4.39. The summed E-state index contributed by atoms with van der Waals surface area (Å²) < 4.78 is 56.2. The molecule has 18 unspecified atom stereocenters. The van der Waals surface area contributed by atoms with E-state index >= 15 is 0 Å². The monoisotopic (exact) mass is 1410 g/mol. The van der Waals surface area contributed by atoms with Gasteiger partial charge in [-0.15, -0.1) is 0 Å². The van der Waals surface area contributed by atoms with Crippen LogP contribution in [0.5, 0.6) is 0 Å². The fourth-order valence-electron chi connectivity index (χ4n) is 10.3. The molecule has 0 bridgehead atoms. The van der Waals surface area contributed by atoms with Crippen molar-refractivity contribution in [2.24, 2.45) is 5.92 Å². The van der Waals surface area contributed by atoms with E-state index in [2.05, 4.69) is 42.5 Å². The summed E-state index contributed by atoms with van der Waals surface area (Å²) in [6.07, 6.45) is -17.1. The van der Waals surface area contributed by atoms with Gasteiger partial charge in [-0.2, -0.15) is 0 Å². The van der Waals surface area contributed by atoms with Gasteiger partial charge in [0.2, 0.25) is 47.3 Å². The van der Waals surface area contributed by atoms with E-state index in [0.29, 0.717) is 25.7 Å². The molecule has 1 aliphatic carbocycles. The van der Waals surface area contributed by atoms with Gasteiger partial charge in [-0.25, -0.2) is 0 Å². The Morgan fingerprint density at radius 2 is 0.853 bits per heavy atom. The summed E-state index contributed by atoms with van der Waals surface area (Å²) in [6.45, 7) is 2.03. The van der Waals surface area contributed by atoms with Gasteiger partial charge in [0, 0.05) is 64.3 Å². The number of rotatable bonds is 40. The molecule has 8 amide bonds. The predicted molar refractivity (Wildman–Crippen MR) is 329 cm³/mol. The molecule has 18 atom stereocenters. The number of aliphatic hydroxyl groups is 9. The molecule has 0 aromatic rings. The van der Waals surface area contributed by atoms with Crippen LogP contribution in [0.4, 0.5) is 0 Å². The van der Waals surface area contributed by atoms with Crippen LogP contribution < -0.4 is 47.4 Å². The molecule has 0 radical (unpaired) electrons. The normalized spacial score (nSPS) is 29.9. The van der Waals surface area contributed by atoms with Gasteiger partial charge < -0.3 is 141 Å². The van der Waals surface area contributed by atoms with Crippen LogP contribution in [0.25, 0.3) is 0 Å². The molecule has 95 heavy (non-hydrogen) atoms. The summed E-state index contributed by atoms with van der Waals surface area (Å²) in [4.78, 5) is 117. The van der Waals surface area contributed by atoms with E-state index in [1.165, 1.54) is 20.8 Å². The van der Waals surface area contributed by atoms with Crippen molar-refractivity contribution in [3.63, 3.8) is 0 Å². The van der Waals surface area contributed by atoms with Crippen molar-refractivity contribution in [2.75, 3.05) is 98.9 Å². The molecule has 4 rings (SSSR count). The summed E-state index contributed by atoms with van der Waals surface area (Å²) in [5, 5.41) is 111. The maximum absolute atomic E-state index is 13.9. The van der Waals surface area contributed by atoms with E-state index in [4.69, 9.17) is 59.0 Å². The van der Waals surface area contributed by atoms with Crippen LogP contribution in [0.2, 0.25) is 0 Å². The number of amides is 8. The second kappa shape index (κ2) is 41.9. The van der Waals surface area contributed by atoms with Crippen LogP contribution in [-0.2, 0) is 97.3 Å². The molecule has 0 aromatic heterocycles. The van der Waals surface area contributed by atoms with Crippen molar-refractivity contribution in [1.82, 2.24) is 42.5 Å². The number of hydrogen-bond donors (Lipinski definition) is 17. The highest BCUT2D eigenvalue weighted by Crippen LogP contribution is 2.53. The molecular weight excluding hydrogens is 1310 g/mol. The Morgan fingerprint density at radius 1 is 0.505 bits per heavy atom. The van der Waals surface area contributed by atoms with E-state index in [1.807, 2.05) is 0 Å². The average molecular weight is 1410 g/mol. The SMILES string of the molecule is CC(=O)NC1C(OCCOCCNC(=O)CCC(NC(=O)CCC(NC(=O)C2CCC(OP([O-])(=S)C(C)(C)C)CC2)C(=O)NCCOCCOC2OC(CO)C(O)C(O)C2NC(C)=O)C(=O)NCCOCCOC2OC(CO)C(O)C(O)C2NC(C)=O)OC(CO)C(O)C1O. The molecule has 38 heteroatoms. The lowest BCUT2D eigenvalue weighted by Gasteiger charge is -2.44. The maximum atomic E-state index is 13.9. The molecule has 0 spiro atoms. The van der Waals surface area contributed by atoms with Gasteiger partial charge in [-0.3, -0.25) is 38.4 Å². The maximum Gasteiger partial charge on any atom is 0.242 e. The molecule has 1 saturated carbocycles. The predicted octanol–water partition coefficient (Wildman–Crippen LogP) is -8.16. The fraction of sp³-hybridized carbons (Fsp3) is 0.860. The third-order valence-corrected chi connectivity index (χ3v) is 19.8. The number of aliphatic hydroxyl groups excluding tert-OH is 9. The van der Waals surface area contributed by atoms with Gasteiger partial charge in [-0.1, -0.05) is 32.6 Å². The summed E-state index contributed by atoms with van der Waals surface area (Å²) in [5.74, 6) is -5.52. The van der Waals surface area contributed by atoms with Gasteiger partial charge in [0.05, 0.1) is 85.4 Å². The van der Waals surface area contributed by atoms with Crippen LogP contribution in [0.3, 0.4) is 0 Å². The Morgan fingerprint density at radius 3 is 1.20 bits per heavy atom. The molecule has 4 fully saturated rings. The summed E-state index contributed by atoms with van der Waals surface area (Å²) in [5.41, 5.74) is 0. The number of carbonyl (C=O) groups is 8. The minimum Gasteiger partial charge on any atom is -0.800 e. The van der Waals surface area contributed by atoms with E-state index in [-0.39, 0.29) is 98.4 Å². The molecule has 36 nitrogen and oxygen atoms in total. The highest BCUT2D eigenvalue weighted by Gasteiger charge is 2.48. The second-order valence-corrected chi connectivity index (χ2v) is 28.2. The molecule has 3 heterocycles. The van der Waals surface area contributed by atoms with E-state index in [1.54, 1.807) is 20.8 Å². The smallest absolute Gasteiger partial charge is 0.242 e. The van der Waals surface area contributed by atoms with Crippen molar-refractivity contribution < 1.29 is 136 Å². The standard InChI is InChI=1S/C57H101N8O28PS/c1-30(69)61-42-48(77)45(74)37(27-66)90-54(42)87-24-21-84-18-15-58-40(72)13-11-35(52(81)59-16-19-85-22-25-88-55-43(62-31(2)70)49(78)46(75)38(28-67)91-55)64-41(73)14-12-36(65-51(80)33-7-9-34(10-8-33)93-94(83,95)57(4,5)6)53(82)60-17-20-86-23-26-89-56-44(63-32(3)71)50(79)47(76)39(29-68)92-56/h33-39,42-50,54-56,66-68,74-79H,7-29H2,1-6H3,(H,58,72)(H,59,81)(H,60,82)(H,61,69)(H,62,70)(H,63,71)(H,64,73)(H,65,80)(H,83,95)/p-1. The van der Waals surface area contributed by atoms with Crippen LogP contribution in [0.15, 0.2) is 0 Å². The third-order valence-electron chi connectivity index (χ3n) is 15.7. The van der Waals surface area contributed by atoms with Gasteiger partial charge >= 0.3 is 0 Å². The summed E-state index contributed by atoms with van der Waals surface area (Å²) >= 11 is 5.32. The van der Waals surface area contributed by atoms with E-state index < -0.39 is 201 Å². The van der Waals surface area contributed by atoms with Crippen molar-refractivity contribution in [3.8, 4) is 0 Å². The number of ether oxygens (including phenoxy) is 9. The van der Waals surface area contributed by atoms with Crippen molar-refractivity contribution in [3.05, 3.63) is 0 Å². The van der Waals surface area contributed by atoms with Gasteiger partial charge in [-0.05, 0) is 45.0 Å². The number of carbonyl (C=O) groups excluding carboxylic acids is 8. The zero-order valence-corrected chi connectivity index (χ0v) is 56.1. The largest absolute Gasteiger partial charge is 0.800 e.